The predicted octanol–water partition coefficient (Wildman–Crippen LogP) is 2.00. The molecule has 0 bridgehead atoms. The first kappa shape index (κ1) is 20.7. The van der Waals surface area contributed by atoms with Crippen LogP contribution >= 0.6 is 0 Å². The van der Waals surface area contributed by atoms with Crippen LogP contribution in [0, 0.1) is 12.3 Å². The molecule has 0 saturated carbocycles. The molecule has 3 heterocycles. The lowest BCUT2D eigenvalue weighted by atomic mass is 10.2. The van der Waals surface area contributed by atoms with Gasteiger partial charge in [0.1, 0.15) is 16.8 Å². The van der Waals surface area contributed by atoms with Crippen molar-refractivity contribution in [1.82, 2.24) is 19.3 Å². The van der Waals surface area contributed by atoms with Crippen molar-refractivity contribution >= 4 is 22.6 Å². The molecular weight excluding hydrogens is 370 g/mol. The first-order chi connectivity index (χ1) is 13.8. The summed E-state index contributed by atoms with van der Waals surface area (Å²) in [5.41, 5.74) is 1.76. The fourth-order valence-corrected chi connectivity index (χ4v) is 3.28. The van der Waals surface area contributed by atoms with Crippen LogP contribution in [0.3, 0.4) is 0 Å². The van der Waals surface area contributed by atoms with Crippen molar-refractivity contribution < 1.29 is 9.53 Å². The molecule has 0 atom stereocenters. The molecule has 8 nitrogen and oxygen atoms in total. The fraction of sp³-hybridized carbons (Fsp3) is 0.429. The van der Waals surface area contributed by atoms with E-state index in [9.17, 15) is 9.59 Å². The summed E-state index contributed by atoms with van der Waals surface area (Å²) in [6, 6.07) is 5.16. The second-order valence-electron chi connectivity index (χ2n) is 7.23. The summed E-state index contributed by atoms with van der Waals surface area (Å²) in [5, 5.41) is 11.6. The lowest BCUT2D eigenvalue weighted by molar-refractivity contribution is 0.0748. The topological polar surface area (TPSA) is 101 Å². The monoisotopic (exact) mass is 397 g/mol. The molecule has 3 aromatic rings. The van der Waals surface area contributed by atoms with Crippen molar-refractivity contribution in [1.29, 1.82) is 5.41 Å². The SMILES string of the molecule is CCNC(=O)c1cc2c(=O)n3cccc(C)c3nc2n(CCCOC(C)C)c1=N. The number of aryl methyl sites for hydroxylation is 2. The molecule has 3 aromatic heterocycles. The van der Waals surface area contributed by atoms with Crippen molar-refractivity contribution in [2.45, 2.75) is 46.8 Å². The Bertz CT molecular complexity index is 1180. The van der Waals surface area contributed by atoms with Crippen molar-refractivity contribution in [2.75, 3.05) is 13.2 Å². The molecule has 29 heavy (non-hydrogen) atoms. The smallest absolute Gasteiger partial charge is 0.267 e. The van der Waals surface area contributed by atoms with Gasteiger partial charge in [-0.3, -0.25) is 19.4 Å². The van der Waals surface area contributed by atoms with E-state index >= 15 is 0 Å². The van der Waals surface area contributed by atoms with E-state index in [4.69, 9.17) is 15.1 Å². The third-order valence-electron chi connectivity index (χ3n) is 4.69. The zero-order valence-electron chi connectivity index (χ0n) is 17.3. The van der Waals surface area contributed by atoms with E-state index in [1.165, 1.54) is 10.5 Å². The highest BCUT2D eigenvalue weighted by atomic mass is 16.5. The minimum Gasteiger partial charge on any atom is -0.379 e. The maximum absolute atomic E-state index is 13.1. The Morgan fingerprint density at radius 2 is 2.10 bits per heavy atom. The summed E-state index contributed by atoms with van der Waals surface area (Å²) >= 11 is 0. The van der Waals surface area contributed by atoms with Gasteiger partial charge in [0.25, 0.3) is 11.5 Å². The Kier molecular flexibility index (Phi) is 6.12. The third-order valence-corrected chi connectivity index (χ3v) is 4.69. The molecule has 0 aliphatic rings. The molecule has 2 N–H and O–H groups in total. The van der Waals surface area contributed by atoms with Gasteiger partial charge in [0.2, 0.25) is 0 Å². The van der Waals surface area contributed by atoms with Crippen molar-refractivity contribution in [2.24, 2.45) is 0 Å². The van der Waals surface area contributed by atoms with Crippen molar-refractivity contribution in [3.05, 3.63) is 51.4 Å². The van der Waals surface area contributed by atoms with Crippen LogP contribution in [0.25, 0.3) is 16.7 Å². The molecule has 0 unspecified atom stereocenters. The van der Waals surface area contributed by atoms with Gasteiger partial charge in [-0.15, -0.1) is 0 Å². The number of ether oxygens (including phenoxy) is 1. The number of hydrogen-bond acceptors (Lipinski definition) is 5. The number of aromatic nitrogens is 3. The summed E-state index contributed by atoms with van der Waals surface area (Å²) in [6.07, 6.45) is 2.42. The number of carbonyl (C=O) groups is 1. The minimum atomic E-state index is -0.375. The van der Waals surface area contributed by atoms with Gasteiger partial charge in [-0.05, 0) is 51.8 Å². The quantitative estimate of drug-likeness (QED) is 0.470. The first-order valence-electron chi connectivity index (χ1n) is 9.85. The zero-order chi connectivity index (χ0) is 21.1. The van der Waals surface area contributed by atoms with E-state index in [-0.39, 0.29) is 28.6 Å². The maximum Gasteiger partial charge on any atom is 0.267 e. The van der Waals surface area contributed by atoms with Crippen LogP contribution in [-0.4, -0.2) is 39.1 Å². The van der Waals surface area contributed by atoms with E-state index < -0.39 is 0 Å². The molecule has 0 aromatic carbocycles. The van der Waals surface area contributed by atoms with Crippen LogP contribution in [0.5, 0.6) is 0 Å². The van der Waals surface area contributed by atoms with Gasteiger partial charge in [0.15, 0.2) is 0 Å². The number of nitrogens with one attached hydrogen (secondary N) is 2. The van der Waals surface area contributed by atoms with E-state index in [2.05, 4.69) is 5.32 Å². The van der Waals surface area contributed by atoms with E-state index in [0.717, 1.165) is 5.56 Å². The van der Waals surface area contributed by atoms with Crippen LogP contribution in [0.2, 0.25) is 0 Å². The maximum atomic E-state index is 13.1. The van der Waals surface area contributed by atoms with E-state index in [1.807, 2.05) is 33.8 Å². The highest BCUT2D eigenvalue weighted by molar-refractivity contribution is 5.96. The molecule has 8 heteroatoms. The Labute approximate surface area is 168 Å². The fourth-order valence-electron chi connectivity index (χ4n) is 3.28. The van der Waals surface area contributed by atoms with Crippen LogP contribution in [0.1, 0.15) is 43.1 Å². The number of pyridine rings is 2. The van der Waals surface area contributed by atoms with Crippen LogP contribution in [0.4, 0.5) is 0 Å². The Morgan fingerprint density at radius 3 is 2.79 bits per heavy atom. The van der Waals surface area contributed by atoms with Crippen molar-refractivity contribution in [3.8, 4) is 0 Å². The van der Waals surface area contributed by atoms with Gasteiger partial charge in [-0.1, -0.05) is 6.07 Å². The second-order valence-corrected chi connectivity index (χ2v) is 7.23. The molecular formula is C21H27N5O3. The largest absolute Gasteiger partial charge is 0.379 e. The first-order valence-corrected chi connectivity index (χ1v) is 9.85. The molecule has 0 radical (unpaired) electrons. The Balaban J connectivity index is 2.25. The Morgan fingerprint density at radius 1 is 1.34 bits per heavy atom. The van der Waals surface area contributed by atoms with Crippen LogP contribution in [-0.2, 0) is 11.3 Å². The molecule has 0 aliphatic carbocycles. The van der Waals surface area contributed by atoms with E-state index in [1.54, 1.807) is 16.8 Å². The normalized spacial score (nSPS) is 11.5. The van der Waals surface area contributed by atoms with Gasteiger partial charge in [0, 0.05) is 25.9 Å². The average Bonchev–Trinajstić information content (AvgIpc) is 2.67. The number of nitrogens with zero attached hydrogens (tertiary/aromatic N) is 3. The van der Waals surface area contributed by atoms with Gasteiger partial charge in [-0.2, -0.15) is 0 Å². The highest BCUT2D eigenvalue weighted by Gasteiger charge is 2.17. The average molecular weight is 397 g/mol. The highest BCUT2D eigenvalue weighted by Crippen LogP contribution is 2.13. The molecule has 1 amide bonds. The molecule has 0 fully saturated rings. The molecule has 3 rings (SSSR count). The van der Waals surface area contributed by atoms with Crippen LogP contribution in [0.15, 0.2) is 29.2 Å². The standard InChI is InChI=1S/C21H27N5O3/c1-5-23-20(27)15-12-16-19(25(17(15)22)10-7-11-29-13(2)3)24-18-14(4)8-6-9-26(18)21(16)28/h6,8-9,12-13,22H,5,7,10-11H2,1-4H3,(H,23,27). The van der Waals surface area contributed by atoms with Gasteiger partial charge in [-0.25, -0.2) is 4.98 Å². The minimum absolute atomic E-state index is 0.0397. The van der Waals surface area contributed by atoms with Gasteiger partial charge >= 0.3 is 0 Å². The lowest BCUT2D eigenvalue weighted by Crippen LogP contribution is -2.35. The number of rotatable bonds is 7. The number of hydrogen-bond donors (Lipinski definition) is 2. The van der Waals surface area contributed by atoms with Crippen molar-refractivity contribution in [3.63, 3.8) is 0 Å². The van der Waals surface area contributed by atoms with E-state index in [0.29, 0.717) is 42.8 Å². The second kappa shape index (κ2) is 8.57. The third kappa shape index (κ3) is 4.07. The van der Waals surface area contributed by atoms with Gasteiger partial charge in [0.05, 0.1) is 17.1 Å². The molecule has 0 aliphatic heterocycles. The number of carbonyl (C=O) groups excluding carboxylic acids is 1. The summed E-state index contributed by atoms with van der Waals surface area (Å²) in [5.74, 6) is -0.375. The molecule has 154 valence electrons. The predicted molar refractivity (Wildman–Crippen MR) is 111 cm³/mol. The van der Waals surface area contributed by atoms with Crippen LogP contribution < -0.4 is 16.4 Å². The number of fused-ring (bicyclic) bond motifs is 2. The lowest BCUT2D eigenvalue weighted by Gasteiger charge is -2.15. The molecule has 0 saturated heterocycles. The summed E-state index contributed by atoms with van der Waals surface area (Å²) < 4.78 is 8.72. The Hall–Kier alpha value is -3.00. The number of amides is 1. The summed E-state index contributed by atoms with van der Waals surface area (Å²) in [6.45, 7) is 9.00. The summed E-state index contributed by atoms with van der Waals surface area (Å²) in [7, 11) is 0. The van der Waals surface area contributed by atoms with Gasteiger partial charge < -0.3 is 14.6 Å². The molecule has 0 spiro atoms. The zero-order valence-corrected chi connectivity index (χ0v) is 17.3. The summed E-state index contributed by atoms with van der Waals surface area (Å²) in [4.78, 5) is 30.4.